The van der Waals surface area contributed by atoms with Gasteiger partial charge >= 0.3 is 5.97 Å². The van der Waals surface area contributed by atoms with Crippen LogP contribution in [0.2, 0.25) is 0 Å². The van der Waals surface area contributed by atoms with Crippen LogP contribution >= 0.6 is 0 Å². The normalized spacial score (nSPS) is 14.7. The highest BCUT2D eigenvalue weighted by molar-refractivity contribution is 5.74. The van der Waals surface area contributed by atoms with Crippen molar-refractivity contribution in [1.29, 1.82) is 0 Å². The molecule has 1 unspecified atom stereocenters. The standard InChI is InChI=1S/C11H22O5/c1-11(9-13,10(14)15)5-2-3-7-16-8-4-6-12/h12-13H,2-9H2,1H3,(H,14,15). The predicted molar refractivity (Wildman–Crippen MR) is 59.2 cm³/mol. The average molecular weight is 234 g/mol. The minimum Gasteiger partial charge on any atom is -0.481 e. The molecule has 5 nitrogen and oxygen atoms in total. The molecule has 5 heteroatoms. The van der Waals surface area contributed by atoms with Gasteiger partial charge in [0, 0.05) is 19.8 Å². The summed E-state index contributed by atoms with van der Waals surface area (Å²) in [5.41, 5.74) is -1.04. The Morgan fingerprint density at radius 3 is 2.31 bits per heavy atom. The molecule has 0 amide bonds. The average Bonchev–Trinajstić information content (AvgIpc) is 2.27. The molecule has 16 heavy (non-hydrogen) atoms. The summed E-state index contributed by atoms with van der Waals surface area (Å²) in [5, 5.41) is 26.4. The van der Waals surface area contributed by atoms with Gasteiger partial charge in [0.2, 0.25) is 0 Å². The Morgan fingerprint density at radius 1 is 1.19 bits per heavy atom. The number of aliphatic hydroxyl groups is 2. The summed E-state index contributed by atoms with van der Waals surface area (Å²) in [6.45, 7) is 2.44. The fraction of sp³-hybridized carbons (Fsp3) is 0.909. The van der Waals surface area contributed by atoms with Crippen molar-refractivity contribution in [2.45, 2.75) is 32.6 Å². The second-order valence-electron chi connectivity index (χ2n) is 4.17. The number of carboxylic acids is 1. The van der Waals surface area contributed by atoms with Crippen LogP contribution in [0, 0.1) is 5.41 Å². The van der Waals surface area contributed by atoms with Gasteiger partial charge in [-0.05, 0) is 32.6 Å². The van der Waals surface area contributed by atoms with Crippen molar-refractivity contribution < 1.29 is 24.9 Å². The summed E-state index contributed by atoms with van der Waals surface area (Å²) in [7, 11) is 0. The van der Waals surface area contributed by atoms with Crippen molar-refractivity contribution in [3.05, 3.63) is 0 Å². The summed E-state index contributed by atoms with van der Waals surface area (Å²) in [6, 6.07) is 0. The molecule has 0 aliphatic carbocycles. The molecule has 3 N–H and O–H groups in total. The van der Waals surface area contributed by atoms with E-state index in [9.17, 15) is 4.79 Å². The molecule has 0 saturated carbocycles. The van der Waals surface area contributed by atoms with Gasteiger partial charge < -0.3 is 20.1 Å². The van der Waals surface area contributed by atoms with Gasteiger partial charge in [-0.25, -0.2) is 0 Å². The first-order valence-electron chi connectivity index (χ1n) is 5.59. The zero-order chi connectivity index (χ0) is 12.4. The van der Waals surface area contributed by atoms with Gasteiger partial charge in [0.25, 0.3) is 0 Å². The SMILES string of the molecule is CC(CO)(CCCCOCCCO)C(=O)O. The van der Waals surface area contributed by atoms with Gasteiger partial charge in [0.05, 0.1) is 12.0 Å². The first kappa shape index (κ1) is 15.3. The van der Waals surface area contributed by atoms with E-state index in [1.165, 1.54) is 0 Å². The molecule has 0 aromatic rings. The molecule has 0 radical (unpaired) electrons. The van der Waals surface area contributed by atoms with Crippen LogP contribution in [0.15, 0.2) is 0 Å². The van der Waals surface area contributed by atoms with E-state index in [0.717, 1.165) is 6.42 Å². The Hall–Kier alpha value is -0.650. The van der Waals surface area contributed by atoms with Crippen LogP contribution in [0.3, 0.4) is 0 Å². The molecule has 0 rings (SSSR count). The van der Waals surface area contributed by atoms with E-state index in [1.807, 2.05) is 0 Å². The lowest BCUT2D eigenvalue weighted by Crippen LogP contribution is -2.31. The number of hydrogen-bond donors (Lipinski definition) is 3. The smallest absolute Gasteiger partial charge is 0.311 e. The van der Waals surface area contributed by atoms with Gasteiger partial charge in [-0.3, -0.25) is 4.79 Å². The molecule has 0 aromatic carbocycles. The molecule has 0 bridgehead atoms. The summed E-state index contributed by atoms with van der Waals surface area (Å²) in [5.74, 6) is -0.962. The molecule has 0 aromatic heterocycles. The Morgan fingerprint density at radius 2 is 1.81 bits per heavy atom. The number of carboxylic acid groups (broad SMARTS) is 1. The van der Waals surface area contributed by atoms with Crippen LogP contribution in [0.1, 0.15) is 32.6 Å². The second-order valence-corrected chi connectivity index (χ2v) is 4.17. The van der Waals surface area contributed by atoms with Crippen LogP contribution in [0.25, 0.3) is 0 Å². The van der Waals surface area contributed by atoms with Crippen molar-refractivity contribution in [2.75, 3.05) is 26.4 Å². The number of unbranched alkanes of at least 4 members (excludes halogenated alkanes) is 1. The van der Waals surface area contributed by atoms with E-state index >= 15 is 0 Å². The molecule has 0 saturated heterocycles. The molecule has 1 atom stereocenters. The molecule has 0 heterocycles. The van der Waals surface area contributed by atoms with Crippen LogP contribution in [0.5, 0.6) is 0 Å². The van der Waals surface area contributed by atoms with Crippen molar-refractivity contribution >= 4 is 5.97 Å². The third-order valence-electron chi connectivity index (χ3n) is 2.58. The fourth-order valence-electron chi connectivity index (χ4n) is 1.24. The van der Waals surface area contributed by atoms with E-state index in [-0.39, 0.29) is 13.2 Å². The highest BCUT2D eigenvalue weighted by Crippen LogP contribution is 2.23. The molecular formula is C11H22O5. The minimum absolute atomic E-state index is 0.127. The van der Waals surface area contributed by atoms with E-state index in [0.29, 0.717) is 32.5 Å². The second kappa shape index (κ2) is 8.50. The summed E-state index contributed by atoms with van der Waals surface area (Å²) in [6.07, 6.45) is 2.56. The topological polar surface area (TPSA) is 87.0 Å². The van der Waals surface area contributed by atoms with Gasteiger partial charge in [-0.15, -0.1) is 0 Å². The van der Waals surface area contributed by atoms with E-state index in [1.54, 1.807) is 6.92 Å². The quantitative estimate of drug-likeness (QED) is 0.483. The highest BCUT2D eigenvalue weighted by Gasteiger charge is 2.31. The van der Waals surface area contributed by atoms with Crippen molar-refractivity contribution in [1.82, 2.24) is 0 Å². The van der Waals surface area contributed by atoms with Crippen LogP contribution in [-0.4, -0.2) is 47.7 Å². The molecule has 0 aliphatic rings. The van der Waals surface area contributed by atoms with Gasteiger partial charge in [-0.2, -0.15) is 0 Å². The molecule has 0 spiro atoms. The summed E-state index contributed by atoms with van der Waals surface area (Å²) >= 11 is 0. The Kier molecular flexibility index (Phi) is 8.15. The zero-order valence-electron chi connectivity index (χ0n) is 9.81. The fourth-order valence-corrected chi connectivity index (χ4v) is 1.24. The lowest BCUT2D eigenvalue weighted by atomic mass is 9.86. The third kappa shape index (κ3) is 6.05. The van der Waals surface area contributed by atoms with Crippen LogP contribution < -0.4 is 0 Å². The van der Waals surface area contributed by atoms with Gasteiger partial charge in [0.15, 0.2) is 0 Å². The van der Waals surface area contributed by atoms with Crippen LogP contribution in [0.4, 0.5) is 0 Å². The monoisotopic (exact) mass is 234 g/mol. The maximum atomic E-state index is 10.8. The number of carbonyl (C=O) groups is 1. The van der Waals surface area contributed by atoms with Crippen molar-refractivity contribution in [2.24, 2.45) is 5.41 Å². The maximum Gasteiger partial charge on any atom is 0.311 e. The summed E-state index contributed by atoms with van der Waals surface area (Å²) in [4.78, 5) is 10.8. The number of aliphatic carboxylic acids is 1. The Bertz CT molecular complexity index is 195. The van der Waals surface area contributed by atoms with E-state index in [4.69, 9.17) is 20.1 Å². The van der Waals surface area contributed by atoms with Crippen molar-refractivity contribution in [3.8, 4) is 0 Å². The minimum atomic E-state index is -1.04. The first-order valence-corrected chi connectivity index (χ1v) is 5.59. The lowest BCUT2D eigenvalue weighted by Gasteiger charge is -2.21. The van der Waals surface area contributed by atoms with E-state index in [2.05, 4.69) is 0 Å². The third-order valence-corrected chi connectivity index (χ3v) is 2.58. The predicted octanol–water partition coefficient (Wildman–Crippen LogP) is 0.639. The Labute approximate surface area is 96.0 Å². The van der Waals surface area contributed by atoms with Gasteiger partial charge in [0.1, 0.15) is 0 Å². The molecule has 0 aliphatic heterocycles. The molecule has 96 valence electrons. The largest absolute Gasteiger partial charge is 0.481 e. The first-order chi connectivity index (χ1) is 7.56. The molecular weight excluding hydrogens is 212 g/mol. The number of hydrogen-bond acceptors (Lipinski definition) is 4. The number of ether oxygens (including phenoxy) is 1. The van der Waals surface area contributed by atoms with E-state index < -0.39 is 11.4 Å². The van der Waals surface area contributed by atoms with Crippen molar-refractivity contribution in [3.63, 3.8) is 0 Å². The number of rotatable bonds is 10. The summed E-state index contributed by atoms with van der Waals surface area (Å²) < 4.78 is 5.21. The highest BCUT2D eigenvalue weighted by atomic mass is 16.5. The van der Waals surface area contributed by atoms with Crippen LogP contribution in [-0.2, 0) is 9.53 Å². The maximum absolute atomic E-state index is 10.8. The van der Waals surface area contributed by atoms with Gasteiger partial charge in [-0.1, -0.05) is 0 Å². The zero-order valence-corrected chi connectivity index (χ0v) is 9.81. The molecule has 0 fully saturated rings. The lowest BCUT2D eigenvalue weighted by molar-refractivity contribution is -0.150. The number of aliphatic hydroxyl groups excluding tert-OH is 2. The Balaban J connectivity index is 3.53.